The second kappa shape index (κ2) is 46.5. The van der Waals surface area contributed by atoms with Crippen LogP contribution in [0.3, 0.4) is 0 Å². The minimum absolute atomic E-state index is 0.0627. The highest BCUT2D eigenvalue weighted by Gasteiger charge is 2.19. The molecule has 6 nitrogen and oxygen atoms in total. The lowest BCUT2D eigenvalue weighted by atomic mass is 10.0. The first-order chi connectivity index (χ1) is 28.4. The van der Waals surface area contributed by atoms with Crippen LogP contribution in [0.2, 0.25) is 0 Å². The minimum atomic E-state index is -0.760. The Morgan fingerprint density at radius 2 is 0.569 bits per heavy atom. The molecule has 0 saturated carbocycles. The van der Waals surface area contributed by atoms with E-state index < -0.39 is 6.10 Å². The SMILES string of the molecule is CCCCCCCCCCCCCCCCC(=O)OC[C@H](COC(=O)CCCCCCCCCCCCCCC(C)C)OC(=O)CCCCCCCCCCCCC. The fourth-order valence-electron chi connectivity index (χ4n) is 7.86. The molecule has 0 aliphatic carbocycles. The predicted octanol–water partition coefficient (Wildman–Crippen LogP) is 16.7. The van der Waals surface area contributed by atoms with Gasteiger partial charge in [0.15, 0.2) is 6.10 Å². The van der Waals surface area contributed by atoms with Crippen LogP contribution < -0.4 is 0 Å². The van der Waals surface area contributed by atoms with Crippen LogP contribution in [0.4, 0.5) is 0 Å². The number of carbonyl (C=O) groups excluding carboxylic acids is 3. The molecular formula is C52H100O6. The maximum absolute atomic E-state index is 12.7. The first-order valence-electron chi connectivity index (χ1n) is 25.9. The van der Waals surface area contributed by atoms with E-state index in [1.54, 1.807) is 0 Å². The Labute approximate surface area is 361 Å². The number of rotatable bonds is 47. The summed E-state index contributed by atoms with van der Waals surface area (Å²) < 4.78 is 16.8. The molecule has 0 fully saturated rings. The van der Waals surface area contributed by atoms with Crippen LogP contribution >= 0.6 is 0 Å². The lowest BCUT2D eigenvalue weighted by molar-refractivity contribution is -0.167. The lowest BCUT2D eigenvalue weighted by Crippen LogP contribution is -2.30. The van der Waals surface area contributed by atoms with Gasteiger partial charge in [-0.3, -0.25) is 14.4 Å². The van der Waals surface area contributed by atoms with Gasteiger partial charge in [0.1, 0.15) is 13.2 Å². The zero-order chi connectivity index (χ0) is 42.4. The van der Waals surface area contributed by atoms with Crippen molar-refractivity contribution in [2.75, 3.05) is 13.2 Å². The standard InChI is InChI=1S/C52H100O6/c1-5-7-9-11-13-15-17-18-19-24-27-31-35-39-43-50(53)56-46-49(58-52(55)45-41-37-33-29-22-16-14-12-10-8-6-2)47-57-51(54)44-40-36-32-28-25-21-20-23-26-30-34-38-42-48(3)4/h48-49H,5-47H2,1-4H3/t49-/m1/s1. The van der Waals surface area contributed by atoms with Gasteiger partial charge in [0.25, 0.3) is 0 Å². The van der Waals surface area contributed by atoms with Gasteiger partial charge in [-0.15, -0.1) is 0 Å². The van der Waals surface area contributed by atoms with Crippen molar-refractivity contribution in [3.05, 3.63) is 0 Å². The molecule has 0 aliphatic heterocycles. The summed E-state index contributed by atoms with van der Waals surface area (Å²) in [6.45, 7) is 9.02. The topological polar surface area (TPSA) is 78.9 Å². The molecule has 0 radical (unpaired) electrons. The number of esters is 3. The molecule has 0 aromatic rings. The molecule has 0 unspecified atom stereocenters. The van der Waals surface area contributed by atoms with Gasteiger partial charge in [-0.05, 0) is 25.2 Å². The van der Waals surface area contributed by atoms with Gasteiger partial charge in [-0.1, -0.05) is 252 Å². The second-order valence-electron chi connectivity index (χ2n) is 18.3. The van der Waals surface area contributed by atoms with Crippen molar-refractivity contribution in [2.45, 2.75) is 297 Å². The molecule has 0 N–H and O–H groups in total. The van der Waals surface area contributed by atoms with Gasteiger partial charge < -0.3 is 14.2 Å². The molecule has 58 heavy (non-hydrogen) atoms. The summed E-state index contributed by atoms with van der Waals surface area (Å²) in [5.74, 6) is -0.0106. The Hall–Kier alpha value is -1.59. The third-order valence-electron chi connectivity index (χ3n) is 11.8. The van der Waals surface area contributed by atoms with E-state index in [0.29, 0.717) is 19.3 Å². The molecule has 0 bridgehead atoms. The Balaban J connectivity index is 4.29. The van der Waals surface area contributed by atoms with E-state index in [2.05, 4.69) is 27.7 Å². The molecule has 0 rings (SSSR count). The maximum Gasteiger partial charge on any atom is 0.306 e. The monoisotopic (exact) mass is 821 g/mol. The summed E-state index contributed by atoms with van der Waals surface area (Å²) >= 11 is 0. The van der Waals surface area contributed by atoms with Crippen molar-refractivity contribution < 1.29 is 28.6 Å². The van der Waals surface area contributed by atoms with Gasteiger partial charge in [-0.25, -0.2) is 0 Å². The Bertz CT molecular complexity index is 872. The maximum atomic E-state index is 12.7. The van der Waals surface area contributed by atoms with Gasteiger partial charge >= 0.3 is 17.9 Å². The van der Waals surface area contributed by atoms with Gasteiger partial charge in [-0.2, -0.15) is 0 Å². The average Bonchev–Trinajstić information content (AvgIpc) is 3.21. The molecule has 0 spiro atoms. The zero-order valence-corrected chi connectivity index (χ0v) is 39.5. The van der Waals surface area contributed by atoms with Crippen molar-refractivity contribution in [1.82, 2.24) is 0 Å². The van der Waals surface area contributed by atoms with Crippen molar-refractivity contribution in [3.8, 4) is 0 Å². The Morgan fingerprint density at radius 1 is 0.328 bits per heavy atom. The highest BCUT2D eigenvalue weighted by atomic mass is 16.6. The molecular weight excluding hydrogens is 721 g/mol. The van der Waals surface area contributed by atoms with Gasteiger partial charge in [0.05, 0.1) is 0 Å². The van der Waals surface area contributed by atoms with Crippen molar-refractivity contribution in [2.24, 2.45) is 5.92 Å². The first kappa shape index (κ1) is 56.4. The zero-order valence-electron chi connectivity index (χ0n) is 39.5. The molecule has 0 aliphatic rings. The molecule has 0 aromatic carbocycles. The number of hydrogen-bond acceptors (Lipinski definition) is 6. The van der Waals surface area contributed by atoms with E-state index >= 15 is 0 Å². The predicted molar refractivity (Wildman–Crippen MR) is 247 cm³/mol. The van der Waals surface area contributed by atoms with Crippen molar-refractivity contribution >= 4 is 17.9 Å². The molecule has 0 amide bonds. The van der Waals surface area contributed by atoms with E-state index in [9.17, 15) is 14.4 Å². The van der Waals surface area contributed by atoms with Crippen LogP contribution in [0.1, 0.15) is 291 Å². The quantitative estimate of drug-likeness (QED) is 0.0346. The molecule has 1 atom stereocenters. The third kappa shape index (κ3) is 45.5. The minimum Gasteiger partial charge on any atom is -0.462 e. The number of hydrogen-bond donors (Lipinski definition) is 0. The summed E-state index contributed by atoms with van der Waals surface area (Å²) in [5.41, 5.74) is 0. The molecule has 0 aromatic heterocycles. The molecule has 6 heteroatoms. The summed E-state index contributed by atoms with van der Waals surface area (Å²) in [4.78, 5) is 37.9. The van der Waals surface area contributed by atoms with Crippen LogP contribution in [0.25, 0.3) is 0 Å². The Kier molecular flexibility index (Phi) is 45.2. The van der Waals surface area contributed by atoms with Crippen molar-refractivity contribution in [1.29, 1.82) is 0 Å². The van der Waals surface area contributed by atoms with Crippen LogP contribution in [0, 0.1) is 5.92 Å². The molecule has 0 saturated heterocycles. The fraction of sp³-hybridized carbons (Fsp3) is 0.942. The van der Waals surface area contributed by atoms with Crippen molar-refractivity contribution in [3.63, 3.8) is 0 Å². The lowest BCUT2D eigenvalue weighted by Gasteiger charge is -2.18. The third-order valence-corrected chi connectivity index (χ3v) is 11.8. The van der Waals surface area contributed by atoms with Crippen LogP contribution in [0.15, 0.2) is 0 Å². The first-order valence-corrected chi connectivity index (χ1v) is 25.9. The van der Waals surface area contributed by atoms with Crippen LogP contribution in [0.5, 0.6) is 0 Å². The molecule has 344 valence electrons. The smallest absolute Gasteiger partial charge is 0.306 e. The summed E-state index contributed by atoms with van der Waals surface area (Å²) in [7, 11) is 0. The number of carbonyl (C=O) groups is 3. The highest BCUT2D eigenvalue weighted by molar-refractivity contribution is 5.71. The summed E-state index contributed by atoms with van der Waals surface area (Å²) in [5, 5.41) is 0. The highest BCUT2D eigenvalue weighted by Crippen LogP contribution is 2.17. The van der Waals surface area contributed by atoms with Crippen LogP contribution in [-0.2, 0) is 28.6 Å². The van der Waals surface area contributed by atoms with E-state index in [0.717, 1.165) is 63.7 Å². The fourth-order valence-corrected chi connectivity index (χ4v) is 7.86. The normalized spacial score (nSPS) is 11.9. The van der Waals surface area contributed by atoms with E-state index in [-0.39, 0.29) is 31.1 Å². The van der Waals surface area contributed by atoms with E-state index in [4.69, 9.17) is 14.2 Å². The van der Waals surface area contributed by atoms with Crippen LogP contribution in [-0.4, -0.2) is 37.2 Å². The number of ether oxygens (including phenoxy) is 3. The van der Waals surface area contributed by atoms with Gasteiger partial charge in [0, 0.05) is 19.3 Å². The summed E-state index contributed by atoms with van der Waals surface area (Å²) in [6.07, 6.45) is 48.0. The number of unbranched alkanes of at least 4 members (excludes halogenated alkanes) is 34. The second-order valence-corrected chi connectivity index (χ2v) is 18.3. The van der Waals surface area contributed by atoms with E-state index in [1.165, 1.54) is 186 Å². The largest absolute Gasteiger partial charge is 0.462 e. The molecule has 0 heterocycles. The van der Waals surface area contributed by atoms with Gasteiger partial charge in [0.2, 0.25) is 0 Å². The average molecular weight is 821 g/mol. The summed E-state index contributed by atoms with van der Waals surface area (Å²) in [6, 6.07) is 0. The Morgan fingerprint density at radius 3 is 0.845 bits per heavy atom. The van der Waals surface area contributed by atoms with E-state index in [1.807, 2.05) is 0 Å².